The minimum absolute atomic E-state index is 0.304. The maximum absolute atomic E-state index is 12.0. The number of carbonyl (C=O) groups is 2. The van der Waals surface area contributed by atoms with E-state index >= 15 is 0 Å². The number of aromatic nitrogens is 1. The second kappa shape index (κ2) is 5.25. The summed E-state index contributed by atoms with van der Waals surface area (Å²) in [5.74, 6) is -1.30. The largest absolute Gasteiger partial charge is 0.480 e. The second-order valence-corrected chi connectivity index (χ2v) is 4.66. The summed E-state index contributed by atoms with van der Waals surface area (Å²) in [5, 5.41) is 11.5. The number of aliphatic carboxylic acids is 1. The summed E-state index contributed by atoms with van der Waals surface area (Å²) in [6.07, 6.45) is 5.64. The zero-order valence-corrected chi connectivity index (χ0v) is 10.4. The first kappa shape index (κ1) is 12.7. The normalized spacial score (nSPS) is 16.9. The van der Waals surface area contributed by atoms with E-state index in [9.17, 15) is 9.59 Å². The molecule has 1 aromatic rings. The third kappa shape index (κ3) is 2.39. The minimum atomic E-state index is -0.993. The van der Waals surface area contributed by atoms with Crippen molar-refractivity contribution < 1.29 is 14.7 Å². The summed E-state index contributed by atoms with van der Waals surface area (Å²) < 4.78 is 1.95. The van der Waals surface area contributed by atoms with E-state index in [1.807, 2.05) is 16.8 Å². The summed E-state index contributed by atoms with van der Waals surface area (Å²) in [6.45, 7) is 1.74. The van der Waals surface area contributed by atoms with Crippen molar-refractivity contribution in [1.29, 1.82) is 0 Å². The molecule has 1 aliphatic rings. The molecule has 1 fully saturated rings. The molecule has 0 aliphatic heterocycles. The highest BCUT2D eigenvalue weighted by Gasteiger charge is 2.25. The molecule has 1 atom stereocenters. The van der Waals surface area contributed by atoms with Gasteiger partial charge in [0.2, 0.25) is 0 Å². The predicted octanol–water partition coefficient (Wildman–Crippen LogP) is 1.81. The van der Waals surface area contributed by atoms with Crippen molar-refractivity contribution >= 4 is 11.9 Å². The summed E-state index contributed by atoms with van der Waals surface area (Å²) in [7, 11) is 0. The van der Waals surface area contributed by atoms with E-state index in [1.54, 1.807) is 13.0 Å². The van der Waals surface area contributed by atoms with Crippen molar-refractivity contribution in [3.8, 4) is 0 Å². The van der Waals surface area contributed by atoms with Crippen molar-refractivity contribution in [2.24, 2.45) is 0 Å². The van der Waals surface area contributed by atoms with Gasteiger partial charge in [0, 0.05) is 12.2 Å². The fourth-order valence-electron chi connectivity index (χ4n) is 2.14. The minimum Gasteiger partial charge on any atom is -0.480 e. The number of amides is 1. The van der Waals surface area contributed by atoms with Crippen LogP contribution in [0.4, 0.5) is 0 Å². The van der Waals surface area contributed by atoms with Gasteiger partial charge in [0.05, 0.1) is 0 Å². The van der Waals surface area contributed by atoms with Crippen LogP contribution in [0.25, 0.3) is 0 Å². The first-order valence-corrected chi connectivity index (χ1v) is 6.34. The number of carboxylic acid groups (broad SMARTS) is 1. The molecule has 5 heteroatoms. The van der Waals surface area contributed by atoms with Gasteiger partial charge in [-0.25, -0.2) is 4.79 Å². The molecule has 2 rings (SSSR count). The van der Waals surface area contributed by atoms with Crippen LogP contribution in [-0.4, -0.2) is 27.6 Å². The van der Waals surface area contributed by atoms with Crippen molar-refractivity contribution in [2.75, 3.05) is 0 Å². The van der Waals surface area contributed by atoms with Gasteiger partial charge in [-0.05, 0) is 37.8 Å². The SMILES string of the molecule is CC[C@@H](NC(=O)c1cccn1C1CCC1)C(=O)O. The third-order valence-electron chi connectivity index (χ3n) is 3.49. The van der Waals surface area contributed by atoms with E-state index in [4.69, 9.17) is 5.11 Å². The molecule has 1 aromatic heterocycles. The Kier molecular flexibility index (Phi) is 3.69. The Balaban J connectivity index is 2.08. The number of hydrogen-bond acceptors (Lipinski definition) is 2. The lowest BCUT2D eigenvalue weighted by atomic mass is 9.93. The maximum Gasteiger partial charge on any atom is 0.326 e. The Hall–Kier alpha value is -1.78. The van der Waals surface area contributed by atoms with Crippen LogP contribution >= 0.6 is 0 Å². The molecular formula is C13H18N2O3. The van der Waals surface area contributed by atoms with Gasteiger partial charge in [-0.2, -0.15) is 0 Å². The van der Waals surface area contributed by atoms with Gasteiger partial charge >= 0.3 is 5.97 Å². The van der Waals surface area contributed by atoms with Crippen LogP contribution in [0.3, 0.4) is 0 Å². The number of hydrogen-bond donors (Lipinski definition) is 2. The van der Waals surface area contributed by atoms with Crippen molar-refractivity contribution in [2.45, 2.75) is 44.7 Å². The molecular weight excluding hydrogens is 232 g/mol. The molecule has 0 radical (unpaired) electrons. The molecule has 0 spiro atoms. The van der Waals surface area contributed by atoms with Crippen LogP contribution in [0, 0.1) is 0 Å². The fraction of sp³-hybridized carbons (Fsp3) is 0.538. The van der Waals surface area contributed by atoms with E-state index in [0.29, 0.717) is 18.2 Å². The van der Waals surface area contributed by atoms with Crippen LogP contribution in [-0.2, 0) is 4.79 Å². The van der Waals surface area contributed by atoms with Gasteiger partial charge in [-0.15, -0.1) is 0 Å². The second-order valence-electron chi connectivity index (χ2n) is 4.66. The average molecular weight is 250 g/mol. The molecule has 0 bridgehead atoms. The molecule has 1 heterocycles. The molecule has 18 heavy (non-hydrogen) atoms. The highest BCUT2D eigenvalue weighted by Crippen LogP contribution is 2.32. The van der Waals surface area contributed by atoms with E-state index in [2.05, 4.69) is 5.32 Å². The van der Waals surface area contributed by atoms with Gasteiger partial charge in [0.1, 0.15) is 11.7 Å². The Morgan fingerprint density at radius 1 is 1.56 bits per heavy atom. The van der Waals surface area contributed by atoms with Crippen LogP contribution in [0.5, 0.6) is 0 Å². The lowest BCUT2D eigenvalue weighted by Crippen LogP contribution is -2.41. The molecule has 1 amide bonds. The topological polar surface area (TPSA) is 71.3 Å². The van der Waals surface area contributed by atoms with Crippen molar-refractivity contribution in [3.05, 3.63) is 24.0 Å². The van der Waals surface area contributed by atoms with E-state index < -0.39 is 12.0 Å². The Morgan fingerprint density at radius 3 is 2.78 bits per heavy atom. The standard InChI is InChI=1S/C13H18N2O3/c1-2-10(13(17)18)14-12(16)11-7-4-8-15(11)9-5-3-6-9/h4,7-10H,2-3,5-6H2,1H3,(H,14,16)(H,17,18)/t10-/m1/s1. The summed E-state index contributed by atoms with van der Waals surface area (Å²) in [5.41, 5.74) is 0.555. The Labute approximate surface area is 106 Å². The Bertz CT molecular complexity index is 449. The molecule has 98 valence electrons. The van der Waals surface area contributed by atoms with E-state index in [1.165, 1.54) is 6.42 Å². The first-order valence-electron chi connectivity index (χ1n) is 6.34. The molecule has 0 saturated heterocycles. The van der Waals surface area contributed by atoms with Gasteiger partial charge < -0.3 is 15.0 Å². The number of nitrogens with one attached hydrogen (secondary N) is 1. The summed E-state index contributed by atoms with van der Waals surface area (Å²) in [4.78, 5) is 22.9. The smallest absolute Gasteiger partial charge is 0.326 e. The highest BCUT2D eigenvalue weighted by molar-refractivity contribution is 5.95. The molecule has 1 aliphatic carbocycles. The molecule has 2 N–H and O–H groups in total. The lowest BCUT2D eigenvalue weighted by molar-refractivity contribution is -0.139. The van der Waals surface area contributed by atoms with Crippen LogP contribution < -0.4 is 5.32 Å². The highest BCUT2D eigenvalue weighted by atomic mass is 16.4. The van der Waals surface area contributed by atoms with E-state index in [0.717, 1.165) is 12.8 Å². The van der Waals surface area contributed by atoms with Crippen LogP contribution in [0.2, 0.25) is 0 Å². The lowest BCUT2D eigenvalue weighted by Gasteiger charge is -2.29. The molecule has 1 saturated carbocycles. The van der Waals surface area contributed by atoms with E-state index in [-0.39, 0.29) is 5.91 Å². The zero-order valence-electron chi connectivity index (χ0n) is 10.4. The number of nitrogens with zero attached hydrogens (tertiary/aromatic N) is 1. The van der Waals surface area contributed by atoms with Crippen LogP contribution in [0.15, 0.2) is 18.3 Å². The van der Waals surface area contributed by atoms with Gasteiger partial charge in [-0.3, -0.25) is 4.79 Å². The molecule has 0 aromatic carbocycles. The fourth-order valence-corrected chi connectivity index (χ4v) is 2.14. The average Bonchev–Trinajstić information content (AvgIpc) is 2.71. The number of rotatable bonds is 5. The quantitative estimate of drug-likeness (QED) is 0.837. The Morgan fingerprint density at radius 2 is 2.28 bits per heavy atom. The zero-order chi connectivity index (χ0) is 13.1. The summed E-state index contributed by atoms with van der Waals surface area (Å²) in [6, 6.07) is 3.14. The van der Waals surface area contributed by atoms with Gasteiger partial charge in [0.25, 0.3) is 5.91 Å². The summed E-state index contributed by atoms with van der Waals surface area (Å²) >= 11 is 0. The van der Waals surface area contributed by atoms with Gasteiger partial charge in [0.15, 0.2) is 0 Å². The van der Waals surface area contributed by atoms with Crippen molar-refractivity contribution in [1.82, 2.24) is 9.88 Å². The number of carboxylic acids is 1. The predicted molar refractivity (Wildman–Crippen MR) is 66.5 cm³/mol. The maximum atomic E-state index is 12.0. The van der Waals surface area contributed by atoms with Crippen molar-refractivity contribution in [3.63, 3.8) is 0 Å². The van der Waals surface area contributed by atoms with Crippen LogP contribution in [0.1, 0.15) is 49.1 Å². The third-order valence-corrected chi connectivity index (χ3v) is 3.49. The van der Waals surface area contributed by atoms with Gasteiger partial charge in [-0.1, -0.05) is 6.92 Å². The number of carbonyl (C=O) groups excluding carboxylic acids is 1. The first-order chi connectivity index (χ1) is 8.63. The molecule has 0 unspecified atom stereocenters. The monoisotopic (exact) mass is 250 g/mol. The molecule has 5 nitrogen and oxygen atoms in total.